The summed E-state index contributed by atoms with van der Waals surface area (Å²) in [5, 5.41) is 4.31. The summed E-state index contributed by atoms with van der Waals surface area (Å²) < 4.78 is 1.19. The van der Waals surface area contributed by atoms with E-state index >= 15 is 0 Å². The molecule has 1 fully saturated rings. The lowest BCUT2D eigenvalue weighted by molar-refractivity contribution is 0.256. The third-order valence-corrected chi connectivity index (χ3v) is 5.32. The summed E-state index contributed by atoms with van der Waals surface area (Å²) >= 11 is 5.31. The molecule has 1 aromatic rings. The molecule has 2 N–H and O–H groups in total. The molecule has 1 atom stereocenters. The number of hydrogen-bond acceptors (Lipinski definition) is 2. The van der Waals surface area contributed by atoms with Gasteiger partial charge < -0.3 is 5.73 Å². The van der Waals surface area contributed by atoms with Crippen molar-refractivity contribution in [3.05, 3.63) is 20.8 Å². The molecule has 0 amide bonds. The van der Waals surface area contributed by atoms with E-state index in [2.05, 4.69) is 33.6 Å². The zero-order valence-electron chi connectivity index (χ0n) is 9.08. The van der Waals surface area contributed by atoms with E-state index in [-0.39, 0.29) is 6.04 Å². The summed E-state index contributed by atoms with van der Waals surface area (Å²) in [5.74, 6) is 1.59. The number of nitrogens with two attached hydrogens (primary N) is 1. The first-order valence-electron chi connectivity index (χ1n) is 5.65. The smallest absolute Gasteiger partial charge is 0.0343 e. The summed E-state index contributed by atoms with van der Waals surface area (Å²) in [6, 6.07) is 0.234. The molecular weight excluding hydrogens is 270 g/mol. The minimum Gasteiger partial charge on any atom is -0.324 e. The van der Waals surface area contributed by atoms with Crippen LogP contribution in [-0.4, -0.2) is 0 Å². The van der Waals surface area contributed by atoms with Gasteiger partial charge in [-0.2, -0.15) is 11.3 Å². The van der Waals surface area contributed by atoms with Gasteiger partial charge in [0.05, 0.1) is 0 Å². The molecule has 1 saturated carbocycles. The van der Waals surface area contributed by atoms with Crippen LogP contribution in [0.2, 0.25) is 0 Å². The van der Waals surface area contributed by atoms with Gasteiger partial charge >= 0.3 is 0 Å². The third-order valence-electron chi connectivity index (χ3n) is 3.57. The van der Waals surface area contributed by atoms with E-state index in [9.17, 15) is 0 Å². The normalized spacial score (nSPS) is 29.0. The molecule has 15 heavy (non-hydrogen) atoms. The average Bonchev–Trinajstić information content (AvgIpc) is 2.65. The molecule has 1 heterocycles. The Kier molecular flexibility index (Phi) is 3.86. The Morgan fingerprint density at radius 1 is 1.33 bits per heavy atom. The summed E-state index contributed by atoms with van der Waals surface area (Å²) in [6.45, 7) is 2.35. The largest absolute Gasteiger partial charge is 0.324 e. The van der Waals surface area contributed by atoms with Crippen molar-refractivity contribution in [2.45, 2.75) is 38.6 Å². The fourth-order valence-electron chi connectivity index (χ4n) is 2.43. The molecule has 0 aromatic carbocycles. The molecule has 0 aliphatic heterocycles. The molecular formula is C12H18BrNS. The van der Waals surface area contributed by atoms with Gasteiger partial charge in [-0.25, -0.2) is 0 Å². The minimum absolute atomic E-state index is 0.234. The second-order valence-electron chi connectivity index (χ2n) is 4.72. The standard InChI is InChI=1S/C12H18BrNS/c1-8-2-4-9(5-3-8)12(14)10-6-15-7-11(10)13/h6-9,12H,2-5,14H2,1H3. The Hall–Kier alpha value is 0.140. The summed E-state index contributed by atoms with van der Waals surface area (Å²) in [7, 11) is 0. The van der Waals surface area contributed by atoms with Crippen molar-refractivity contribution in [2.75, 3.05) is 0 Å². The number of halogens is 1. The van der Waals surface area contributed by atoms with Crippen LogP contribution >= 0.6 is 27.3 Å². The van der Waals surface area contributed by atoms with Crippen LogP contribution < -0.4 is 5.73 Å². The maximum atomic E-state index is 6.34. The van der Waals surface area contributed by atoms with E-state index < -0.39 is 0 Å². The van der Waals surface area contributed by atoms with Gasteiger partial charge in [0.15, 0.2) is 0 Å². The van der Waals surface area contributed by atoms with Crippen LogP contribution in [0, 0.1) is 11.8 Å². The minimum atomic E-state index is 0.234. The second kappa shape index (κ2) is 4.98. The van der Waals surface area contributed by atoms with Crippen molar-refractivity contribution in [1.29, 1.82) is 0 Å². The Morgan fingerprint density at radius 2 is 2.00 bits per heavy atom. The van der Waals surface area contributed by atoms with E-state index in [0.29, 0.717) is 5.92 Å². The maximum Gasteiger partial charge on any atom is 0.0343 e. The Bertz CT molecular complexity index is 315. The highest BCUT2D eigenvalue weighted by Crippen LogP contribution is 2.38. The Balaban J connectivity index is 2.02. The predicted octanol–water partition coefficient (Wildman–Crippen LogP) is 4.34. The van der Waals surface area contributed by atoms with Crippen LogP contribution in [0.1, 0.15) is 44.2 Å². The zero-order chi connectivity index (χ0) is 10.8. The first-order valence-corrected chi connectivity index (χ1v) is 7.39. The van der Waals surface area contributed by atoms with Gasteiger partial charge in [0.1, 0.15) is 0 Å². The number of hydrogen-bond donors (Lipinski definition) is 1. The number of rotatable bonds is 2. The topological polar surface area (TPSA) is 26.0 Å². The lowest BCUT2D eigenvalue weighted by atomic mass is 9.78. The monoisotopic (exact) mass is 287 g/mol. The maximum absolute atomic E-state index is 6.34. The number of thiophene rings is 1. The van der Waals surface area contributed by atoms with E-state index in [1.54, 1.807) is 11.3 Å². The van der Waals surface area contributed by atoms with Crippen LogP contribution in [0.3, 0.4) is 0 Å². The van der Waals surface area contributed by atoms with E-state index in [0.717, 1.165) is 5.92 Å². The fraction of sp³-hybridized carbons (Fsp3) is 0.667. The molecule has 2 rings (SSSR count). The van der Waals surface area contributed by atoms with Crippen LogP contribution in [0.15, 0.2) is 15.2 Å². The van der Waals surface area contributed by atoms with Gasteiger partial charge in [0, 0.05) is 15.9 Å². The van der Waals surface area contributed by atoms with Crippen LogP contribution in [-0.2, 0) is 0 Å². The third kappa shape index (κ3) is 2.63. The molecule has 1 unspecified atom stereocenters. The van der Waals surface area contributed by atoms with Gasteiger partial charge in [-0.15, -0.1) is 0 Å². The molecule has 0 radical (unpaired) electrons. The lowest BCUT2D eigenvalue weighted by Crippen LogP contribution is -2.25. The molecule has 1 aromatic heterocycles. The van der Waals surface area contributed by atoms with E-state index in [1.165, 1.54) is 35.7 Å². The molecule has 1 aliphatic rings. The van der Waals surface area contributed by atoms with Crippen LogP contribution in [0.4, 0.5) is 0 Å². The van der Waals surface area contributed by atoms with E-state index in [4.69, 9.17) is 5.73 Å². The van der Waals surface area contributed by atoms with Gasteiger partial charge in [0.25, 0.3) is 0 Å². The Labute approximate surface area is 104 Å². The molecule has 84 valence electrons. The molecule has 1 nitrogen and oxygen atoms in total. The lowest BCUT2D eigenvalue weighted by Gasteiger charge is -2.30. The van der Waals surface area contributed by atoms with Gasteiger partial charge in [-0.05, 0) is 51.6 Å². The first-order chi connectivity index (χ1) is 7.18. The summed E-state index contributed by atoms with van der Waals surface area (Å²) in [4.78, 5) is 0. The van der Waals surface area contributed by atoms with E-state index in [1.807, 2.05) is 0 Å². The van der Waals surface area contributed by atoms with Crippen LogP contribution in [0.25, 0.3) is 0 Å². The zero-order valence-corrected chi connectivity index (χ0v) is 11.5. The fourth-order valence-corrected chi connectivity index (χ4v) is 4.04. The molecule has 0 bridgehead atoms. The van der Waals surface area contributed by atoms with Crippen molar-refractivity contribution in [1.82, 2.24) is 0 Å². The summed E-state index contributed by atoms with van der Waals surface area (Å²) in [6.07, 6.45) is 5.29. The summed E-state index contributed by atoms with van der Waals surface area (Å²) in [5.41, 5.74) is 7.64. The van der Waals surface area contributed by atoms with Crippen molar-refractivity contribution >= 4 is 27.3 Å². The first kappa shape index (κ1) is 11.6. The van der Waals surface area contributed by atoms with Gasteiger partial charge in [-0.3, -0.25) is 0 Å². The van der Waals surface area contributed by atoms with Gasteiger partial charge in [-0.1, -0.05) is 19.8 Å². The highest BCUT2D eigenvalue weighted by atomic mass is 79.9. The van der Waals surface area contributed by atoms with Crippen molar-refractivity contribution in [3.63, 3.8) is 0 Å². The van der Waals surface area contributed by atoms with Gasteiger partial charge in [0.2, 0.25) is 0 Å². The SMILES string of the molecule is CC1CCC(C(N)c2cscc2Br)CC1. The average molecular weight is 288 g/mol. The molecule has 0 saturated heterocycles. The highest BCUT2D eigenvalue weighted by Gasteiger charge is 2.25. The molecule has 3 heteroatoms. The van der Waals surface area contributed by atoms with Crippen molar-refractivity contribution < 1.29 is 0 Å². The second-order valence-corrected chi connectivity index (χ2v) is 6.32. The van der Waals surface area contributed by atoms with Crippen LogP contribution in [0.5, 0.6) is 0 Å². The Morgan fingerprint density at radius 3 is 2.53 bits per heavy atom. The quantitative estimate of drug-likeness (QED) is 0.861. The highest BCUT2D eigenvalue weighted by molar-refractivity contribution is 9.10. The molecule has 0 spiro atoms. The predicted molar refractivity (Wildman–Crippen MR) is 70.1 cm³/mol. The molecule has 1 aliphatic carbocycles. The van der Waals surface area contributed by atoms with Crippen molar-refractivity contribution in [2.24, 2.45) is 17.6 Å². The van der Waals surface area contributed by atoms with Crippen molar-refractivity contribution in [3.8, 4) is 0 Å².